The van der Waals surface area contributed by atoms with Crippen LogP contribution in [-0.2, 0) is 14.6 Å². The fourth-order valence-electron chi connectivity index (χ4n) is 4.11. The third-order valence-corrected chi connectivity index (χ3v) is 8.13. The van der Waals surface area contributed by atoms with E-state index in [-0.39, 0.29) is 40.2 Å². The summed E-state index contributed by atoms with van der Waals surface area (Å²) in [7, 11) is 2.64. The molecule has 1 aliphatic rings. The summed E-state index contributed by atoms with van der Waals surface area (Å²) in [4.78, 5) is 0.0740. The van der Waals surface area contributed by atoms with Gasteiger partial charge in [0, 0.05) is 11.3 Å². The topological polar surface area (TPSA) is 72.8 Å². The Morgan fingerprint density at radius 1 is 1.06 bits per heavy atom. The number of hydrogen-bond acceptors (Lipinski definition) is 5. The Morgan fingerprint density at radius 2 is 1.71 bits per heavy atom. The minimum Gasteiger partial charge on any atom is -1.00 e. The number of ether oxygens (including phenoxy) is 2. The molecule has 1 aliphatic heterocycles. The zero-order chi connectivity index (χ0) is 24.4. The molecule has 6 nitrogen and oxygen atoms in total. The molecular weight excluding hydrogens is 572 g/mol. The fraction of sp³-hybridized carbons (Fsp3) is 0.520. The molecule has 2 aromatic carbocycles. The van der Waals surface area contributed by atoms with E-state index in [9.17, 15) is 17.9 Å². The van der Waals surface area contributed by atoms with Crippen molar-refractivity contribution in [1.82, 2.24) is 0 Å². The van der Waals surface area contributed by atoms with Gasteiger partial charge in [-0.25, -0.2) is 12.8 Å². The summed E-state index contributed by atoms with van der Waals surface area (Å²) in [6.07, 6.45) is -1.02. The third-order valence-electron chi connectivity index (χ3n) is 5.96. The number of hydrogen-bond donors (Lipinski definition) is 1. The summed E-state index contributed by atoms with van der Waals surface area (Å²) in [5, 5.41) is 11.2. The van der Waals surface area contributed by atoms with Gasteiger partial charge in [-0.3, -0.25) is 0 Å². The lowest BCUT2D eigenvalue weighted by Crippen LogP contribution is -3.00. The summed E-state index contributed by atoms with van der Waals surface area (Å²) in [5.74, 6) is -0.795. The molecule has 0 aromatic heterocycles. The van der Waals surface area contributed by atoms with Gasteiger partial charge in [-0.1, -0.05) is 26.0 Å². The molecule has 0 aliphatic carbocycles. The molecule has 2 atom stereocenters. The Bertz CT molecular complexity index is 1070. The third kappa shape index (κ3) is 7.13. The summed E-state index contributed by atoms with van der Waals surface area (Å²) in [5.41, 5.74) is 0.0653. The lowest BCUT2D eigenvalue weighted by atomic mass is 9.75. The standard InChI is InChI=1S/C25H35FNO5S.HI/c1-25(2)17-33(29,30)22-11-8-19(26)16-21(22)23(24(25)28)18-6-9-20(10-7-18)32-15-14-31-13-12-27(3,4)5;/h6-11,16,23-24,28H,12-15,17H2,1-5H3;1H/q+1;/p-1/t23-,24-;/m1./s1. The normalized spacial score (nSPS) is 21.1. The molecule has 190 valence electrons. The monoisotopic (exact) mass is 607 g/mol. The Kier molecular flexibility index (Phi) is 9.54. The maximum absolute atomic E-state index is 14.1. The first-order valence-electron chi connectivity index (χ1n) is 11.1. The van der Waals surface area contributed by atoms with Gasteiger partial charge < -0.3 is 43.0 Å². The number of quaternary nitrogens is 1. The van der Waals surface area contributed by atoms with Crippen molar-refractivity contribution < 1.29 is 55.8 Å². The number of halogens is 2. The lowest BCUT2D eigenvalue weighted by molar-refractivity contribution is -0.870. The minimum absolute atomic E-state index is 0. The van der Waals surface area contributed by atoms with Crippen LogP contribution in [0, 0.1) is 11.2 Å². The van der Waals surface area contributed by atoms with Crippen molar-refractivity contribution in [2.24, 2.45) is 5.41 Å². The van der Waals surface area contributed by atoms with Gasteiger partial charge in [0.25, 0.3) is 0 Å². The van der Waals surface area contributed by atoms with Gasteiger partial charge in [-0.05, 0) is 41.5 Å². The zero-order valence-corrected chi connectivity index (χ0v) is 23.4. The number of sulfone groups is 1. The van der Waals surface area contributed by atoms with Crippen molar-refractivity contribution in [3.05, 3.63) is 59.4 Å². The lowest BCUT2D eigenvalue weighted by Gasteiger charge is -2.33. The van der Waals surface area contributed by atoms with Crippen LogP contribution < -0.4 is 28.7 Å². The first-order chi connectivity index (χ1) is 15.3. The summed E-state index contributed by atoms with van der Waals surface area (Å²) >= 11 is 0. The SMILES string of the molecule is CC1(C)CS(=O)(=O)c2ccc(F)cc2[C@@H](c2ccc(OCCOCC[N+](C)(C)C)cc2)[C@H]1O.[I-]. The van der Waals surface area contributed by atoms with Crippen molar-refractivity contribution >= 4 is 9.84 Å². The minimum atomic E-state index is -3.68. The van der Waals surface area contributed by atoms with Crippen molar-refractivity contribution in [3.63, 3.8) is 0 Å². The van der Waals surface area contributed by atoms with Crippen molar-refractivity contribution in [3.8, 4) is 5.75 Å². The van der Waals surface area contributed by atoms with Crippen LogP contribution in [0.3, 0.4) is 0 Å². The molecule has 1 N–H and O–H groups in total. The molecule has 0 radical (unpaired) electrons. The zero-order valence-electron chi connectivity index (χ0n) is 20.4. The molecule has 0 saturated carbocycles. The molecule has 0 amide bonds. The van der Waals surface area contributed by atoms with E-state index in [2.05, 4.69) is 21.1 Å². The van der Waals surface area contributed by atoms with Crippen molar-refractivity contribution in [2.75, 3.05) is 53.3 Å². The maximum atomic E-state index is 14.1. The number of fused-ring (bicyclic) bond motifs is 1. The van der Waals surface area contributed by atoms with Gasteiger partial charge in [-0.15, -0.1) is 0 Å². The summed E-state index contributed by atoms with van der Waals surface area (Å²) in [6.45, 7) is 5.89. The van der Waals surface area contributed by atoms with Crippen molar-refractivity contribution in [2.45, 2.75) is 30.8 Å². The average molecular weight is 608 g/mol. The van der Waals surface area contributed by atoms with Gasteiger partial charge in [0.1, 0.15) is 24.7 Å². The first-order valence-corrected chi connectivity index (χ1v) is 12.8. The number of likely N-dealkylation sites (N-methyl/N-ethyl adjacent to an activating group) is 1. The van der Waals surface area contributed by atoms with Crippen LogP contribution in [0.1, 0.15) is 30.9 Å². The fourth-order valence-corrected chi connectivity index (χ4v) is 6.24. The van der Waals surface area contributed by atoms with E-state index >= 15 is 0 Å². The van der Waals surface area contributed by atoms with E-state index in [1.165, 1.54) is 12.1 Å². The Labute approximate surface area is 219 Å². The molecule has 0 unspecified atom stereocenters. The molecule has 0 saturated heterocycles. The van der Waals surface area contributed by atoms with Crippen molar-refractivity contribution in [1.29, 1.82) is 0 Å². The van der Waals surface area contributed by atoms with Gasteiger partial charge in [-0.2, -0.15) is 0 Å². The summed E-state index contributed by atoms with van der Waals surface area (Å²) < 4.78 is 52.3. The molecular formula is C25H35FINO5S. The van der Waals surface area contributed by atoms with Crippen LogP contribution >= 0.6 is 0 Å². The molecule has 2 aromatic rings. The highest BCUT2D eigenvalue weighted by Gasteiger charge is 2.45. The average Bonchev–Trinajstić information content (AvgIpc) is 2.75. The second-order valence-corrected chi connectivity index (χ2v) is 12.4. The van der Waals surface area contributed by atoms with Gasteiger partial charge in [0.05, 0.1) is 51.1 Å². The van der Waals surface area contributed by atoms with E-state index in [1.807, 2.05) is 0 Å². The predicted octanol–water partition coefficient (Wildman–Crippen LogP) is 0.238. The van der Waals surface area contributed by atoms with Crippen LogP contribution in [0.5, 0.6) is 5.75 Å². The van der Waals surface area contributed by atoms with E-state index < -0.39 is 33.1 Å². The van der Waals surface area contributed by atoms with Crippen LogP contribution in [0.15, 0.2) is 47.4 Å². The largest absolute Gasteiger partial charge is 1.00 e. The van der Waals surface area contributed by atoms with E-state index in [1.54, 1.807) is 38.1 Å². The van der Waals surface area contributed by atoms with E-state index in [4.69, 9.17) is 9.47 Å². The van der Waals surface area contributed by atoms with Crippen LogP contribution in [0.25, 0.3) is 0 Å². The van der Waals surface area contributed by atoms with Gasteiger partial charge >= 0.3 is 0 Å². The second kappa shape index (κ2) is 11.2. The number of aliphatic hydroxyl groups excluding tert-OH is 1. The Hall–Kier alpha value is -1.27. The number of aliphatic hydroxyl groups is 1. The number of benzene rings is 2. The highest BCUT2D eigenvalue weighted by molar-refractivity contribution is 7.91. The van der Waals surface area contributed by atoms with Crippen LogP contribution in [0.4, 0.5) is 4.39 Å². The number of rotatable bonds is 8. The Balaban J connectivity index is 0.00000408. The van der Waals surface area contributed by atoms with Gasteiger partial charge in [0.15, 0.2) is 9.84 Å². The van der Waals surface area contributed by atoms with E-state index in [0.717, 1.165) is 17.1 Å². The molecule has 0 spiro atoms. The van der Waals surface area contributed by atoms with Crippen LogP contribution in [0.2, 0.25) is 0 Å². The molecule has 34 heavy (non-hydrogen) atoms. The molecule has 0 fully saturated rings. The molecule has 1 heterocycles. The van der Waals surface area contributed by atoms with E-state index in [0.29, 0.717) is 31.1 Å². The molecule has 9 heteroatoms. The number of nitrogens with zero attached hydrogens (tertiary/aromatic N) is 1. The quantitative estimate of drug-likeness (QED) is 0.202. The second-order valence-electron chi connectivity index (χ2n) is 10.4. The van der Waals surface area contributed by atoms with Gasteiger partial charge in [0.2, 0.25) is 0 Å². The summed E-state index contributed by atoms with van der Waals surface area (Å²) in [6, 6.07) is 10.8. The predicted molar refractivity (Wildman–Crippen MR) is 126 cm³/mol. The Morgan fingerprint density at radius 3 is 2.32 bits per heavy atom. The van der Waals surface area contributed by atoms with Crippen LogP contribution in [-0.4, -0.2) is 77.4 Å². The molecule has 0 bridgehead atoms. The highest BCUT2D eigenvalue weighted by Crippen LogP contribution is 2.44. The maximum Gasteiger partial charge on any atom is 0.179 e. The smallest absolute Gasteiger partial charge is 0.179 e. The molecule has 3 rings (SSSR count). The highest BCUT2D eigenvalue weighted by atomic mass is 127. The first kappa shape index (κ1) is 29.0.